The lowest BCUT2D eigenvalue weighted by atomic mass is 10.2. The third-order valence-corrected chi connectivity index (χ3v) is 4.63. The first-order valence-corrected chi connectivity index (χ1v) is 8.61. The van der Waals surface area contributed by atoms with Crippen LogP contribution in [0.25, 0.3) is 0 Å². The molecule has 1 heterocycles. The maximum Gasteiger partial charge on any atom is 0.249 e. The summed E-state index contributed by atoms with van der Waals surface area (Å²) in [6.07, 6.45) is 1.42. The Hall–Kier alpha value is -0.750. The number of aryl methyl sites for hydroxylation is 1. The lowest BCUT2D eigenvalue weighted by Gasteiger charge is -2.12. The van der Waals surface area contributed by atoms with Crippen molar-refractivity contribution in [3.8, 4) is 0 Å². The second-order valence-corrected chi connectivity index (χ2v) is 6.49. The van der Waals surface area contributed by atoms with Gasteiger partial charge in [0, 0.05) is 24.6 Å². The summed E-state index contributed by atoms with van der Waals surface area (Å²) < 4.78 is 5.57. The van der Waals surface area contributed by atoms with Crippen molar-refractivity contribution in [3.63, 3.8) is 0 Å². The van der Waals surface area contributed by atoms with Crippen molar-refractivity contribution in [1.82, 2.24) is 5.32 Å². The first-order valence-electron chi connectivity index (χ1n) is 7.45. The average molecular weight is 345 g/mol. The number of hydrogen-bond donors (Lipinski definition) is 2. The molecule has 0 spiro atoms. The van der Waals surface area contributed by atoms with Crippen molar-refractivity contribution < 1.29 is 9.53 Å². The summed E-state index contributed by atoms with van der Waals surface area (Å²) >= 11 is 1.83. The fraction of sp³-hybridized carbons (Fsp3) is 0.562. The Bertz CT molecular complexity index is 456. The number of nitrogens with one attached hydrogen (secondary N) is 1. The van der Waals surface area contributed by atoms with Crippen molar-refractivity contribution in [1.29, 1.82) is 0 Å². The Morgan fingerprint density at radius 3 is 2.73 bits per heavy atom. The SMILES string of the molecule is Cc1ccc(CSCCNC(=O)[C@@H]2CC[C@H](CN)O2)cc1.Cl. The molecule has 6 heteroatoms. The van der Waals surface area contributed by atoms with E-state index in [0.29, 0.717) is 13.1 Å². The molecule has 0 saturated carbocycles. The molecule has 0 unspecified atom stereocenters. The van der Waals surface area contributed by atoms with E-state index in [4.69, 9.17) is 10.5 Å². The molecule has 1 aliphatic rings. The van der Waals surface area contributed by atoms with E-state index in [0.717, 1.165) is 24.3 Å². The van der Waals surface area contributed by atoms with Gasteiger partial charge >= 0.3 is 0 Å². The molecule has 4 nitrogen and oxygen atoms in total. The molecule has 0 aromatic heterocycles. The molecule has 0 bridgehead atoms. The van der Waals surface area contributed by atoms with Gasteiger partial charge in [-0.15, -0.1) is 12.4 Å². The standard InChI is InChI=1S/C16H24N2O2S.ClH/c1-12-2-4-13(5-3-12)11-21-9-8-18-16(19)15-7-6-14(10-17)20-15;/h2-5,14-15H,6-11,17H2,1H3,(H,18,19);1H/t14-,15+;/m1./s1. The number of carbonyl (C=O) groups excluding carboxylic acids is 1. The van der Waals surface area contributed by atoms with Crippen LogP contribution in [0.5, 0.6) is 0 Å². The van der Waals surface area contributed by atoms with E-state index < -0.39 is 0 Å². The van der Waals surface area contributed by atoms with Crippen molar-refractivity contribution in [2.75, 3.05) is 18.8 Å². The van der Waals surface area contributed by atoms with Crippen LogP contribution in [0.4, 0.5) is 0 Å². The molecule has 22 heavy (non-hydrogen) atoms. The molecule has 1 fully saturated rings. The Morgan fingerprint density at radius 1 is 1.36 bits per heavy atom. The summed E-state index contributed by atoms with van der Waals surface area (Å²) in [6.45, 7) is 3.27. The zero-order chi connectivity index (χ0) is 15.1. The number of rotatable bonds is 7. The van der Waals surface area contributed by atoms with Gasteiger partial charge in [0.2, 0.25) is 5.91 Å². The zero-order valence-electron chi connectivity index (χ0n) is 12.9. The highest BCUT2D eigenvalue weighted by atomic mass is 35.5. The third-order valence-electron chi connectivity index (χ3n) is 3.60. The topological polar surface area (TPSA) is 64.4 Å². The monoisotopic (exact) mass is 344 g/mol. The first-order chi connectivity index (χ1) is 10.2. The van der Waals surface area contributed by atoms with Gasteiger partial charge in [-0.2, -0.15) is 11.8 Å². The van der Waals surface area contributed by atoms with Crippen LogP contribution in [-0.2, 0) is 15.3 Å². The van der Waals surface area contributed by atoms with Gasteiger partial charge in [0.05, 0.1) is 6.10 Å². The van der Waals surface area contributed by atoms with Crippen LogP contribution in [0, 0.1) is 6.92 Å². The summed E-state index contributed by atoms with van der Waals surface area (Å²) in [7, 11) is 0. The van der Waals surface area contributed by atoms with Crippen LogP contribution in [-0.4, -0.2) is 37.0 Å². The van der Waals surface area contributed by atoms with E-state index in [9.17, 15) is 4.79 Å². The number of thioether (sulfide) groups is 1. The predicted octanol–water partition coefficient (Wildman–Crippen LogP) is 2.27. The molecule has 3 N–H and O–H groups in total. The minimum Gasteiger partial charge on any atom is -0.364 e. The zero-order valence-corrected chi connectivity index (χ0v) is 14.6. The number of carbonyl (C=O) groups is 1. The number of hydrogen-bond acceptors (Lipinski definition) is 4. The van der Waals surface area contributed by atoms with Crippen molar-refractivity contribution in [2.24, 2.45) is 5.73 Å². The van der Waals surface area contributed by atoms with E-state index >= 15 is 0 Å². The summed E-state index contributed by atoms with van der Waals surface area (Å²) in [5.74, 6) is 1.89. The van der Waals surface area contributed by atoms with Gasteiger partial charge in [-0.3, -0.25) is 4.79 Å². The number of halogens is 1. The average Bonchev–Trinajstić information content (AvgIpc) is 2.98. The molecule has 1 saturated heterocycles. The van der Waals surface area contributed by atoms with E-state index in [-0.39, 0.29) is 30.5 Å². The number of benzene rings is 1. The quantitative estimate of drug-likeness (QED) is 0.745. The Morgan fingerprint density at radius 2 is 2.09 bits per heavy atom. The second kappa shape index (κ2) is 10.1. The van der Waals surface area contributed by atoms with Gasteiger partial charge in [-0.25, -0.2) is 0 Å². The Kier molecular flexibility index (Phi) is 8.86. The van der Waals surface area contributed by atoms with Gasteiger partial charge in [-0.05, 0) is 25.3 Å². The van der Waals surface area contributed by atoms with Crippen LogP contribution in [0.15, 0.2) is 24.3 Å². The number of nitrogens with two attached hydrogens (primary N) is 1. The van der Waals surface area contributed by atoms with Gasteiger partial charge < -0.3 is 15.8 Å². The molecule has 0 radical (unpaired) electrons. The molecule has 1 aromatic rings. The van der Waals surface area contributed by atoms with E-state index in [1.807, 2.05) is 11.8 Å². The molecular formula is C16H25ClN2O2S. The summed E-state index contributed by atoms with van der Waals surface area (Å²) in [5.41, 5.74) is 8.14. The van der Waals surface area contributed by atoms with Crippen LogP contribution in [0.2, 0.25) is 0 Å². The predicted molar refractivity (Wildman–Crippen MR) is 94.5 cm³/mol. The molecule has 1 amide bonds. The van der Waals surface area contributed by atoms with Crippen molar-refractivity contribution in [2.45, 2.75) is 37.7 Å². The highest BCUT2D eigenvalue weighted by Crippen LogP contribution is 2.19. The first kappa shape index (κ1) is 19.3. The lowest BCUT2D eigenvalue weighted by Crippen LogP contribution is -2.36. The van der Waals surface area contributed by atoms with E-state index in [1.165, 1.54) is 11.1 Å². The third kappa shape index (κ3) is 6.16. The van der Waals surface area contributed by atoms with E-state index in [2.05, 4.69) is 36.5 Å². The van der Waals surface area contributed by atoms with Crippen LogP contribution in [0.3, 0.4) is 0 Å². The Balaban J connectivity index is 0.00000242. The van der Waals surface area contributed by atoms with Crippen molar-refractivity contribution >= 4 is 30.1 Å². The molecule has 1 aliphatic heterocycles. The minimum atomic E-state index is -0.305. The second-order valence-electron chi connectivity index (χ2n) is 5.39. The highest BCUT2D eigenvalue weighted by molar-refractivity contribution is 7.98. The Labute approximate surface area is 143 Å². The summed E-state index contributed by atoms with van der Waals surface area (Å²) in [4.78, 5) is 11.9. The van der Waals surface area contributed by atoms with E-state index in [1.54, 1.807) is 0 Å². The number of amides is 1. The molecule has 2 atom stereocenters. The molecule has 0 aliphatic carbocycles. The van der Waals surface area contributed by atoms with Crippen LogP contribution >= 0.6 is 24.2 Å². The minimum absolute atomic E-state index is 0. The largest absolute Gasteiger partial charge is 0.364 e. The van der Waals surface area contributed by atoms with Gasteiger partial charge in [-0.1, -0.05) is 29.8 Å². The summed E-state index contributed by atoms with van der Waals surface area (Å²) in [6, 6.07) is 8.56. The van der Waals surface area contributed by atoms with Crippen LogP contribution < -0.4 is 11.1 Å². The molecular weight excluding hydrogens is 320 g/mol. The fourth-order valence-electron chi connectivity index (χ4n) is 2.31. The maximum absolute atomic E-state index is 11.9. The van der Waals surface area contributed by atoms with Gasteiger partial charge in [0.25, 0.3) is 0 Å². The van der Waals surface area contributed by atoms with Crippen molar-refractivity contribution in [3.05, 3.63) is 35.4 Å². The number of ether oxygens (including phenoxy) is 1. The fourth-order valence-corrected chi connectivity index (χ4v) is 3.13. The van der Waals surface area contributed by atoms with Gasteiger partial charge in [0.15, 0.2) is 0 Å². The van der Waals surface area contributed by atoms with Gasteiger partial charge in [0.1, 0.15) is 6.10 Å². The molecule has 124 valence electrons. The van der Waals surface area contributed by atoms with Crippen LogP contribution in [0.1, 0.15) is 24.0 Å². The maximum atomic E-state index is 11.9. The lowest BCUT2D eigenvalue weighted by molar-refractivity contribution is -0.131. The highest BCUT2D eigenvalue weighted by Gasteiger charge is 2.29. The summed E-state index contributed by atoms with van der Waals surface area (Å²) in [5, 5.41) is 2.94. The smallest absolute Gasteiger partial charge is 0.249 e. The molecule has 2 rings (SSSR count). The normalized spacial score (nSPS) is 20.5. The molecule has 1 aromatic carbocycles.